The molecule has 0 aromatic carbocycles. The van der Waals surface area contributed by atoms with Crippen molar-refractivity contribution in [2.24, 2.45) is 22.4 Å². The number of rotatable bonds is 8. The van der Waals surface area contributed by atoms with Crippen LogP contribution >= 0.6 is 0 Å². The highest BCUT2D eigenvalue weighted by Crippen LogP contribution is 2.04. The number of carboxylic acids is 1. The highest BCUT2D eigenvalue weighted by atomic mass is 16.4. The molecule has 0 aromatic heterocycles. The number of aliphatic imine (C=N–C) groups is 1. The smallest absolute Gasteiger partial charge is 0.311 e. The second kappa shape index (κ2) is 7.81. The molecule has 16 heavy (non-hydrogen) atoms. The van der Waals surface area contributed by atoms with Crippen molar-refractivity contribution >= 4 is 18.1 Å². The fourth-order valence-corrected chi connectivity index (χ4v) is 1.07. The van der Waals surface area contributed by atoms with E-state index in [0.29, 0.717) is 13.0 Å². The highest BCUT2D eigenvalue weighted by molar-refractivity contribution is 5.89. The first-order valence-electron chi connectivity index (χ1n) is 5.24. The largest absolute Gasteiger partial charge is 0.481 e. The molecular weight excluding hydrogens is 210 g/mol. The van der Waals surface area contributed by atoms with Gasteiger partial charge in [0.05, 0.1) is 5.92 Å². The summed E-state index contributed by atoms with van der Waals surface area (Å²) in [5.74, 6) is -2.23. The number of unbranched alkanes of at least 4 members (excludes halogenated alkanes) is 1. The second-order valence-corrected chi connectivity index (χ2v) is 3.63. The molecule has 5 N–H and O–H groups in total. The van der Waals surface area contributed by atoms with Crippen molar-refractivity contribution in [3.63, 3.8) is 0 Å². The van der Waals surface area contributed by atoms with Crippen LogP contribution in [0, 0.1) is 5.92 Å². The minimum absolute atomic E-state index is 0.509. The van der Waals surface area contributed by atoms with Crippen LogP contribution in [0.4, 0.5) is 0 Å². The minimum Gasteiger partial charge on any atom is -0.481 e. The standard InChI is InChI=1S/C10H19N3O3/c1-7(10(15)16)6-13-8(9(12)14)4-2-3-5-11/h6-8H,2-5,11H2,1H3,(H2,12,14)(H,15,16)/t7?,8-/m0/s1. The molecule has 0 bridgehead atoms. The Balaban J connectivity index is 4.22. The van der Waals surface area contributed by atoms with Gasteiger partial charge >= 0.3 is 5.97 Å². The van der Waals surface area contributed by atoms with E-state index in [-0.39, 0.29) is 0 Å². The lowest BCUT2D eigenvalue weighted by Gasteiger charge is -2.08. The average molecular weight is 229 g/mol. The van der Waals surface area contributed by atoms with Crippen molar-refractivity contribution in [1.29, 1.82) is 0 Å². The first kappa shape index (κ1) is 14.6. The molecule has 0 aliphatic heterocycles. The van der Waals surface area contributed by atoms with E-state index in [1.165, 1.54) is 13.1 Å². The summed E-state index contributed by atoms with van der Waals surface area (Å²) in [5.41, 5.74) is 10.5. The molecule has 0 aliphatic carbocycles. The predicted molar refractivity (Wildman–Crippen MR) is 61.2 cm³/mol. The van der Waals surface area contributed by atoms with E-state index in [2.05, 4.69) is 4.99 Å². The number of carboxylic acid groups (broad SMARTS) is 1. The van der Waals surface area contributed by atoms with E-state index >= 15 is 0 Å². The van der Waals surface area contributed by atoms with Crippen molar-refractivity contribution in [1.82, 2.24) is 0 Å². The van der Waals surface area contributed by atoms with Gasteiger partial charge in [-0.05, 0) is 32.7 Å². The molecule has 0 aromatic rings. The zero-order valence-electron chi connectivity index (χ0n) is 9.43. The monoisotopic (exact) mass is 229 g/mol. The van der Waals surface area contributed by atoms with Crippen LogP contribution in [-0.4, -0.2) is 35.8 Å². The molecule has 1 amide bonds. The third-order valence-corrected chi connectivity index (χ3v) is 2.14. The van der Waals surface area contributed by atoms with Gasteiger partial charge in [-0.25, -0.2) is 0 Å². The Morgan fingerprint density at radius 3 is 2.50 bits per heavy atom. The van der Waals surface area contributed by atoms with Crippen LogP contribution in [0.2, 0.25) is 0 Å². The number of aliphatic carboxylic acids is 1. The summed E-state index contributed by atoms with van der Waals surface area (Å²) >= 11 is 0. The number of nitrogens with zero attached hydrogens (tertiary/aromatic N) is 1. The SMILES string of the molecule is CC(C=N[C@@H](CCCCN)C(N)=O)C(=O)O. The van der Waals surface area contributed by atoms with Gasteiger partial charge in [0.15, 0.2) is 0 Å². The molecule has 92 valence electrons. The van der Waals surface area contributed by atoms with Gasteiger partial charge in [0.2, 0.25) is 5.91 Å². The van der Waals surface area contributed by atoms with Crippen molar-refractivity contribution in [2.75, 3.05) is 6.54 Å². The lowest BCUT2D eigenvalue weighted by atomic mass is 10.1. The topological polar surface area (TPSA) is 119 Å². The van der Waals surface area contributed by atoms with Gasteiger partial charge < -0.3 is 16.6 Å². The maximum absolute atomic E-state index is 11.0. The number of primary amides is 1. The molecule has 0 fully saturated rings. The molecule has 0 heterocycles. The van der Waals surface area contributed by atoms with Crippen LogP contribution in [0.1, 0.15) is 26.2 Å². The molecule has 0 saturated heterocycles. The number of carbonyl (C=O) groups is 2. The maximum atomic E-state index is 11.0. The van der Waals surface area contributed by atoms with Crippen molar-refractivity contribution in [3.05, 3.63) is 0 Å². The van der Waals surface area contributed by atoms with Crippen LogP contribution in [-0.2, 0) is 9.59 Å². The molecule has 6 nitrogen and oxygen atoms in total. The van der Waals surface area contributed by atoms with E-state index < -0.39 is 23.8 Å². The summed E-state index contributed by atoms with van der Waals surface area (Å²) < 4.78 is 0. The van der Waals surface area contributed by atoms with Crippen LogP contribution < -0.4 is 11.5 Å². The number of hydrogen-bond acceptors (Lipinski definition) is 4. The fourth-order valence-electron chi connectivity index (χ4n) is 1.07. The summed E-state index contributed by atoms with van der Waals surface area (Å²) in [6.45, 7) is 2.05. The summed E-state index contributed by atoms with van der Waals surface area (Å²) in [5, 5.41) is 8.62. The van der Waals surface area contributed by atoms with Gasteiger partial charge in [0.1, 0.15) is 6.04 Å². The molecule has 0 aliphatic rings. The van der Waals surface area contributed by atoms with Gasteiger partial charge in [-0.1, -0.05) is 0 Å². The Morgan fingerprint density at radius 1 is 1.44 bits per heavy atom. The third-order valence-electron chi connectivity index (χ3n) is 2.14. The lowest BCUT2D eigenvalue weighted by Crippen LogP contribution is -2.28. The zero-order chi connectivity index (χ0) is 12.6. The normalized spacial score (nSPS) is 14.9. The van der Waals surface area contributed by atoms with Gasteiger partial charge in [0, 0.05) is 6.21 Å². The first-order chi connectivity index (χ1) is 7.49. The van der Waals surface area contributed by atoms with Gasteiger partial charge in [-0.15, -0.1) is 0 Å². The Morgan fingerprint density at radius 2 is 2.06 bits per heavy atom. The number of hydrogen-bond donors (Lipinski definition) is 3. The third kappa shape index (κ3) is 6.13. The molecule has 0 spiro atoms. The Bertz CT molecular complexity index is 266. The van der Waals surface area contributed by atoms with E-state index in [0.717, 1.165) is 12.8 Å². The van der Waals surface area contributed by atoms with Crippen LogP contribution in [0.25, 0.3) is 0 Å². The molecule has 0 saturated carbocycles. The second-order valence-electron chi connectivity index (χ2n) is 3.63. The van der Waals surface area contributed by atoms with E-state index in [1.807, 2.05) is 0 Å². The number of carbonyl (C=O) groups excluding carboxylic acids is 1. The first-order valence-corrected chi connectivity index (χ1v) is 5.24. The van der Waals surface area contributed by atoms with Crippen LogP contribution in [0.15, 0.2) is 4.99 Å². The molecule has 0 rings (SSSR count). The van der Waals surface area contributed by atoms with E-state index in [9.17, 15) is 9.59 Å². The van der Waals surface area contributed by atoms with Crippen LogP contribution in [0.5, 0.6) is 0 Å². The van der Waals surface area contributed by atoms with E-state index in [1.54, 1.807) is 0 Å². The predicted octanol–water partition coefficient (Wildman–Crippen LogP) is -0.239. The van der Waals surface area contributed by atoms with Crippen LogP contribution in [0.3, 0.4) is 0 Å². The van der Waals surface area contributed by atoms with Crippen molar-refractivity contribution in [3.8, 4) is 0 Å². The van der Waals surface area contributed by atoms with E-state index in [4.69, 9.17) is 16.6 Å². The number of nitrogens with two attached hydrogens (primary N) is 2. The number of amides is 1. The highest BCUT2D eigenvalue weighted by Gasteiger charge is 2.14. The fraction of sp³-hybridized carbons (Fsp3) is 0.700. The summed E-state index contributed by atoms with van der Waals surface area (Å²) in [4.78, 5) is 25.4. The summed E-state index contributed by atoms with van der Waals surface area (Å²) in [7, 11) is 0. The molecule has 6 heteroatoms. The quantitative estimate of drug-likeness (QED) is 0.393. The Hall–Kier alpha value is -1.43. The van der Waals surface area contributed by atoms with Gasteiger partial charge in [-0.2, -0.15) is 0 Å². The Kier molecular flexibility index (Phi) is 7.11. The minimum atomic E-state index is -0.978. The van der Waals surface area contributed by atoms with Gasteiger partial charge in [0.25, 0.3) is 0 Å². The zero-order valence-corrected chi connectivity index (χ0v) is 9.43. The van der Waals surface area contributed by atoms with Crippen molar-refractivity contribution < 1.29 is 14.7 Å². The van der Waals surface area contributed by atoms with Gasteiger partial charge in [-0.3, -0.25) is 14.6 Å². The molecule has 2 atom stereocenters. The molecule has 0 radical (unpaired) electrons. The van der Waals surface area contributed by atoms with Crippen molar-refractivity contribution in [2.45, 2.75) is 32.2 Å². The summed E-state index contributed by atoms with van der Waals surface area (Å²) in [6, 6.07) is -0.645. The average Bonchev–Trinajstić information content (AvgIpc) is 2.21. The molecular formula is C10H19N3O3. The summed E-state index contributed by atoms with van der Waals surface area (Å²) in [6.07, 6.45) is 3.31. The maximum Gasteiger partial charge on any atom is 0.311 e. The molecule has 1 unspecified atom stereocenters. The lowest BCUT2D eigenvalue weighted by molar-refractivity contribution is -0.138. The Labute approximate surface area is 94.7 Å².